The second-order valence-corrected chi connectivity index (χ2v) is 7.16. The van der Waals surface area contributed by atoms with Crippen molar-refractivity contribution in [2.45, 2.75) is 42.2 Å². The Balaban J connectivity index is 1.84. The van der Waals surface area contributed by atoms with Gasteiger partial charge in [-0.1, -0.05) is 37.7 Å². The number of pyridine rings is 1. The van der Waals surface area contributed by atoms with Crippen molar-refractivity contribution in [3.05, 3.63) is 71.7 Å². The fraction of sp³-hybridized carbons (Fsp3) is 0.263. The fourth-order valence-corrected chi connectivity index (χ4v) is 3.55. The first-order valence-electron chi connectivity index (χ1n) is 8.14. The van der Waals surface area contributed by atoms with Gasteiger partial charge in [-0.3, -0.25) is 4.98 Å². The van der Waals surface area contributed by atoms with Crippen molar-refractivity contribution in [1.82, 2.24) is 15.0 Å². The van der Waals surface area contributed by atoms with E-state index in [1.165, 1.54) is 23.9 Å². The molecule has 0 fully saturated rings. The van der Waals surface area contributed by atoms with Crippen LogP contribution < -0.4 is 0 Å². The number of rotatable bonds is 6. The van der Waals surface area contributed by atoms with E-state index >= 15 is 0 Å². The Labute approximate surface area is 150 Å². The van der Waals surface area contributed by atoms with Gasteiger partial charge in [0.2, 0.25) is 0 Å². The summed E-state index contributed by atoms with van der Waals surface area (Å²) in [7, 11) is 0. The predicted molar refractivity (Wildman–Crippen MR) is 96.1 cm³/mol. The van der Waals surface area contributed by atoms with Crippen molar-refractivity contribution in [3.63, 3.8) is 0 Å². The molecule has 0 bridgehead atoms. The molecule has 0 aliphatic carbocycles. The Bertz CT molecular complexity index is 836. The van der Waals surface area contributed by atoms with E-state index in [9.17, 15) is 9.50 Å². The molecule has 0 saturated carbocycles. The highest BCUT2D eigenvalue weighted by molar-refractivity contribution is 7.99. The molecule has 2 N–H and O–H groups in total. The van der Waals surface area contributed by atoms with Gasteiger partial charge in [-0.25, -0.2) is 9.37 Å². The third-order valence-electron chi connectivity index (χ3n) is 3.75. The van der Waals surface area contributed by atoms with Gasteiger partial charge in [-0.15, -0.1) is 0 Å². The molecule has 130 valence electrons. The number of aromatic amines is 1. The third-order valence-corrected chi connectivity index (χ3v) is 4.74. The minimum absolute atomic E-state index is 0.208. The topological polar surface area (TPSA) is 61.8 Å². The lowest BCUT2D eigenvalue weighted by molar-refractivity contribution is 0.167. The number of aromatic nitrogens is 3. The van der Waals surface area contributed by atoms with Crippen molar-refractivity contribution in [2.75, 3.05) is 0 Å². The summed E-state index contributed by atoms with van der Waals surface area (Å²) in [5.41, 5.74) is 1.74. The summed E-state index contributed by atoms with van der Waals surface area (Å²) in [6.45, 7) is 4.11. The molecule has 0 radical (unpaired) electrons. The normalized spacial score (nSPS) is 12.5. The average Bonchev–Trinajstić information content (AvgIpc) is 3.00. The molecule has 0 spiro atoms. The summed E-state index contributed by atoms with van der Waals surface area (Å²) in [4.78, 5) is 12.8. The zero-order chi connectivity index (χ0) is 17.8. The molecular weight excluding hydrogens is 337 g/mol. The molecular formula is C19H20FN3OS. The lowest BCUT2D eigenvalue weighted by Crippen LogP contribution is -2.05. The number of halogens is 1. The number of aliphatic hydroxyl groups excluding tert-OH is 1. The Hall–Kier alpha value is -2.18. The number of H-pyrrole nitrogens is 1. The first-order valence-corrected chi connectivity index (χ1v) is 8.95. The minimum Gasteiger partial charge on any atom is -0.385 e. The van der Waals surface area contributed by atoms with E-state index in [2.05, 4.69) is 28.8 Å². The quantitative estimate of drug-likeness (QED) is 0.682. The zero-order valence-corrected chi connectivity index (χ0v) is 14.9. The Morgan fingerprint density at radius 3 is 2.72 bits per heavy atom. The minimum atomic E-state index is -0.769. The lowest BCUT2D eigenvalue weighted by atomic mass is 10.1. The highest BCUT2D eigenvalue weighted by Crippen LogP contribution is 2.34. The van der Waals surface area contributed by atoms with E-state index in [0.717, 1.165) is 21.3 Å². The number of imidazole rings is 1. The first-order chi connectivity index (χ1) is 12.0. The molecule has 1 unspecified atom stereocenters. The van der Waals surface area contributed by atoms with Gasteiger partial charge >= 0.3 is 0 Å². The van der Waals surface area contributed by atoms with Crippen LogP contribution in [0.4, 0.5) is 4.39 Å². The Kier molecular flexibility index (Phi) is 5.50. The summed E-state index contributed by atoms with van der Waals surface area (Å²) < 4.78 is 13.4. The van der Waals surface area contributed by atoms with Crippen LogP contribution in [0.3, 0.4) is 0 Å². The van der Waals surface area contributed by atoms with E-state index in [1.54, 1.807) is 12.3 Å². The third kappa shape index (κ3) is 4.46. The molecule has 2 aromatic heterocycles. The molecule has 1 atom stereocenters. The van der Waals surface area contributed by atoms with Crippen molar-refractivity contribution in [1.29, 1.82) is 0 Å². The highest BCUT2D eigenvalue weighted by Gasteiger charge is 2.20. The van der Waals surface area contributed by atoms with Crippen LogP contribution in [0, 0.1) is 5.82 Å². The van der Waals surface area contributed by atoms with Crippen LogP contribution in [0.2, 0.25) is 0 Å². The molecule has 3 aromatic rings. The monoisotopic (exact) mass is 357 g/mol. The van der Waals surface area contributed by atoms with Gasteiger partial charge in [0, 0.05) is 23.2 Å². The van der Waals surface area contributed by atoms with Gasteiger partial charge in [-0.2, -0.15) is 0 Å². The van der Waals surface area contributed by atoms with Crippen LogP contribution in [-0.4, -0.2) is 20.1 Å². The smallest absolute Gasteiger partial charge is 0.137 e. The van der Waals surface area contributed by atoms with E-state index in [4.69, 9.17) is 0 Å². The van der Waals surface area contributed by atoms with Crippen molar-refractivity contribution < 1.29 is 9.50 Å². The van der Waals surface area contributed by atoms with Gasteiger partial charge in [0.05, 0.1) is 5.69 Å². The van der Waals surface area contributed by atoms with Crippen LogP contribution >= 0.6 is 11.8 Å². The molecule has 0 aliphatic heterocycles. The Morgan fingerprint density at radius 2 is 2.04 bits per heavy atom. The fourth-order valence-electron chi connectivity index (χ4n) is 2.47. The van der Waals surface area contributed by atoms with Crippen LogP contribution in [0.5, 0.6) is 0 Å². The van der Waals surface area contributed by atoms with Gasteiger partial charge < -0.3 is 10.1 Å². The molecule has 0 aliphatic rings. The number of aliphatic hydroxyl groups is 1. The maximum absolute atomic E-state index is 13.4. The van der Waals surface area contributed by atoms with E-state index in [-0.39, 0.29) is 11.7 Å². The largest absolute Gasteiger partial charge is 0.385 e. The molecule has 3 rings (SSSR count). The number of hydrogen-bond donors (Lipinski definition) is 2. The highest BCUT2D eigenvalue weighted by atomic mass is 32.2. The van der Waals surface area contributed by atoms with E-state index in [1.807, 2.05) is 24.3 Å². The van der Waals surface area contributed by atoms with Gasteiger partial charge in [0.25, 0.3) is 0 Å². The Morgan fingerprint density at radius 1 is 1.20 bits per heavy atom. The second-order valence-electron chi connectivity index (χ2n) is 6.10. The zero-order valence-electron chi connectivity index (χ0n) is 14.1. The van der Waals surface area contributed by atoms with Gasteiger partial charge in [0.15, 0.2) is 0 Å². The average molecular weight is 357 g/mol. The molecule has 2 heterocycles. The number of benzene rings is 1. The maximum Gasteiger partial charge on any atom is 0.137 e. The molecule has 0 saturated heterocycles. The summed E-state index contributed by atoms with van der Waals surface area (Å²) in [5, 5.41) is 11.3. The molecule has 25 heavy (non-hydrogen) atoms. The summed E-state index contributed by atoms with van der Waals surface area (Å²) >= 11 is 1.39. The summed E-state index contributed by atoms with van der Waals surface area (Å²) in [5.74, 6) is 0.439. The maximum atomic E-state index is 13.4. The second kappa shape index (κ2) is 7.80. The standard InChI is InChI=1S/C19H20FN3OS/c1-12(2)17-19(25-15-8-5-6-13(20)10-15)23-18(22-17)16(24)11-14-7-3-4-9-21-14/h3-10,12,16,24H,11H2,1-2H3,(H,22,23). The number of nitrogens with one attached hydrogen (secondary N) is 1. The SMILES string of the molecule is CC(C)c1[nH]c(C(O)Cc2ccccn2)nc1Sc1cccc(F)c1. The van der Waals surface area contributed by atoms with Crippen molar-refractivity contribution in [3.8, 4) is 0 Å². The molecule has 6 heteroatoms. The first kappa shape index (κ1) is 17.6. The van der Waals surface area contributed by atoms with Crippen LogP contribution in [0.25, 0.3) is 0 Å². The van der Waals surface area contributed by atoms with E-state index in [0.29, 0.717) is 12.2 Å². The van der Waals surface area contributed by atoms with E-state index < -0.39 is 6.10 Å². The van der Waals surface area contributed by atoms with Crippen LogP contribution in [0.1, 0.15) is 43.1 Å². The molecule has 1 aromatic carbocycles. The summed E-state index contributed by atoms with van der Waals surface area (Å²) in [6, 6.07) is 12.0. The van der Waals surface area contributed by atoms with Gasteiger partial charge in [0.1, 0.15) is 22.8 Å². The predicted octanol–water partition coefficient (Wildman–Crippen LogP) is 4.49. The van der Waals surface area contributed by atoms with Crippen LogP contribution in [-0.2, 0) is 6.42 Å². The summed E-state index contributed by atoms with van der Waals surface area (Å²) in [6.07, 6.45) is 1.32. The molecule has 4 nitrogen and oxygen atoms in total. The van der Waals surface area contributed by atoms with Crippen molar-refractivity contribution >= 4 is 11.8 Å². The lowest BCUT2D eigenvalue weighted by Gasteiger charge is -2.07. The van der Waals surface area contributed by atoms with Crippen molar-refractivity contribution in [2.24, 2.45) is 0 Å². The van der Waals surface area contributed by atoms with Crippen LogP contribution in [0.15, 0.2) is 58.6 Å². The number of nitrogens with zero attached hydrogens (tertiary/aromatic N) is 2. The molecule has 0 amide bonds. The van der Waals surface area contributed by atoms with Gasteiger partial charge in [-0.05, 0) is 36.2 Å². The number of hydrogen-bond acceptors (Lipinski definition) is 4.